The lowest BCUT2D eigenvalue weighted by Crippen LogP contribution is -2.60. The van der Waals surface area contributed by atoms with Crippen LogP contribution in [0.15, 0.2) is 0 Å². The van der Waals surface area contributed by atoms with Crippen LogP contribution in [0, 0.1) is 29.6 Å². The van der Waals surface area contributed by atoms with Crippen molar-refractivity contribution >= 4 is 0 Å². The minimum absolute atomic E-state index is 0.361. The average Bonchev–Trinajstić information content (AvgIpc) is 2.80. The van der Waals surface area contributed by atoms with Crippen LogP contribution in [-0.4, -0.2) is 23.3 Å². The monoisotopic (exact) mass is 249 g/mol. The van der Waals surface area contributed by atoms with Crippen LogP contribution in [0.5, 0.6) is 0 Å². The maximum Gasteiger partial charge on any atom is 0.0805 e. The molecule has 102 valence electrons. The highest BCUT2D eigenvalue weighted by molar-refractivity contribution is 5.07. The number of hydrogen-bond acceptors (Lipinski definition) is 2. The van der Waals surface area contributed by atoms with Crippen molar-refractivity contribution < 1.29 is 5.11 Å². The fourth-order valence-corrected chi connectivity index (χ4v) is 6.30. The summed E-state index contributed by atoms with van der Waals surface area (Å²) in [4.78, 5) is 0. The molecule has 2 heteroatoms. The molecule has 1 unspecified atom stereocenters. The van der Waals surface area contributed by atoms with E-state index in [0.29, 0.717) is 12.0 Å². The molecule has 1 heterocycles. The lowest BCUT2D eigenvalue weighted by molar-refractivity contribution is -0.146. The van der Waals surface area contributed by atoms with Gasteiger partial charge in [-0.1, -0.05) is 0 Å². The molecule has 4 bridgehead atoms. The highest BCUT2D eigenvalue weighted by Gasteiger charge is 2.55. The summed E-state index contributed by atoms with van der Waals surface area (Å²) in [5.74, 6) is 4.27. The molecule has 4 saturated carbocycles. The van der Waals surface area contributed by atoms with Gasteiger partial charge in [0.2, 0.25) is 0 Å². The van der Waals surface area contributed by atoms with E-state index in [1.165, 1.54) is 44.9 Å². The SMILES string of the molecule is CC(O)(C1C2CC3CC(C2)CC1C3)[C@@H]1CCCN1. The van der Waals surface area contributed by atoms with Gasteiger partial charge in [0.25, 0.3) is 0 Å². The average molecular weight is 249 g/mol. The molecule has 0 spiro atoms. The fraction of sp³-hybridized carbons (Fsp3) is 1.00. The van der Waals surface area contributed by atoms with Crippen LogP contribution in [0.4, 0.5) is 0 Å². The van der Waals surface area contributed by atoms with Crippen molar-refractivity contribution in [2.75, 3.05) is 6.54 Å². The first-order valence-electron chi connectivity index (χ1n) is 8.10. The summed E-state index contributed by atoms with van der Waals surface area (Å²) in [6, 6.07) is 0.361. The van der Waals surface area contributed by atoms with E-state index in [9.17, 15) is 5.11 Å². The molecule has 1 aliphatic heterocycles. The molecule has 5 fully saturated rings. The highest BCUT2D eigenvalue weighted by atomic mass is 16.3. The van der Waals surface area contributed by atoms with Gasteiger partial charge in [-0.25, -0.2) is 0 Å². The molecule has 2 nitrogen and oxygen atoms in total. The van der Waals surface area contributed by atoms with E-state index in [1.807, 2.05) is 0 Å². The third-order valence-corrected chi connectivity index (χ3v) is 6.67. The largest absolute Gasteiger partial charge is 0.388 e. The van der Waals surface area contributed by atoms with Crippen LogP contribution in [0.25, 0.3) is 0 Å². The van der Waals surface area contributed by atoms with Gasteiger partial charge in [-0.2, -0.15) is 0 Å². The van der Waals surface area contributed by atoms with Gasteiger partial charge in [-0.05, 0) is 88.0 Å². The van der Waals surface area contributed by atoms with Crippen molar-refractivity contribution in [2.45, 2.75) is 63.5 Å². The Hall–Kier alpha value is -0.0800. The van der Waals surface area contributed by atoms with E-state index in [-0.39, 0.29) is 0 Å². The normalized spacial score (nSPS) is 53.7. The maximum atomic E-state index is 11.2. The molecule has 2 N–H and O–H groups in total. The molecule has 5 rings (SSSR count). The molecule has 5 aliphatic rings. The van der Waals surface area contributed by atoms with Crippen molar-refractivity contribution in [1.29, 1.82) is 0 Å². The zero-order valence-electron chi connectivity index (χ0n) is 11.6. The van der Waals surface area contributed by atoms with Gasteiger partial charge in [0.1, 0.15) is 0 Å². The van der Waals surface area contributed by atoms with Gasteiger partial charge in [0.15, 0.2) is 0 Å². The van der Waals surface area contributed by atoms with Crippen LogP contribution in [-0.2, 0) is 0 Å². The number of rotatable bonds is 2. The second-order valence-electron chi connectivity index (χ2n) is 7.83. The Balaban J connectivity index is 1.60. The summed E-state index contributed by atoms with van der Waals surface area (Å²) < 4.78 is 0. The smallest absolute Gasteiger partial charge is 0.0805 e. The number of hydrogen-bond donors (Lipinski definition) is 2. The molecule has 0 aromatic rings. The van der Waals surface area contributed by atoms with Crippen molar-refractivity contribution in [1.82, 2.24) is 5.32 Å². The molecule has 1 saturated heterocycles. The van der Waals surface area contributed by atoms with Gasteiger partial charge >= 0.3 is 0 Å². The Morgan fingerprint density at radius 3 is 2.11 bits per heavy atom. The van der Waals surface area contributed by atoms with E-state index in [2.05, 4.69) is 12.2 Å². The van der Waals surface area contributed by atoms with Crippen LogP contribution in [0.3, 0.4) is 0 Å². The number of nitrogens with one attached hydrogen (secondary N) is 1. The van der Waals surface area contributed by atoms with E-state index < -0.39 is 5.60 Å². The molecular weight excluding hydrogens is 222 g/mol. The van der Waals surface area contributed by atoms with E-state index in [0.717, 1.165) is 30.2 Å². The molecule has 0 radical (unpaired) electrons. The van der Waals surface area contributed by atoms with Crippen molar-refractivity contribution in [3.63, 3.8) is 0 Å². The minimum Gasteiger partial charge on any atom is -0.388 e. The predicted molar refractivity (Wildman–Crippen MR) is 72.2 cm³/mol. The summed E-state index contributed by atoms with van der Waals surface area (Å²) >= 11 is 0. The third kappa shape index (κ3) is 1.61. The quantitative estimate of drug-likeness (QED) is 0.788. The second kappa shape index (κ2) is 3.96. The Labute approximate surface area is 111 Å². The molecule has 0 amide bonds. The van der Waals surface area contributed by atoms with Crippen LogP contribution in [0.2, 0.25) is 0 Å². The molecule has 4 aliphatic carbocycles. The van der Waals surface area contributed by atoms with Gasteiger partial charge < -0.3 is 10.4 Å². The fourth-order valence-electron chi connectivity index (χ4n) is 6.30. The first-order valence-corrected chi connectivity index (χ1v) is 8.10. The maximum absolute atomic E-state index is 11.2. The Bertz CT molecular complexity index is 304. The van der Waals surface area contributed by atoms with Gasteiger partial charge in [0, 0.05) is 6.04 Å². The van der Waals surface area contributed by atoms with E-state index in [1.54, 1.807) is 0 Å². The van der Waals surface area contributed by atoms with Crippen molar-refractivity contribution in [3.8, 4) is 0 Å². The second-order valence-corrected chi connectivity index (χ2v) is 7.83. The van der Waals surface area contributed by atoms with Crippen LogP contribution >= 0.6 is 0 Å². The Morgan fingerprint density at radius 1 is 1.00 bits per heavy atom. The minimum atomic E-state index is -0.459. The molecule has 0 aromatic carbocycles. The summed E-state index contributed by atoms with van der Waals surface area (Å²) in [7, 11) is 0. The number of aliphatic hydroxyl groups is 1. The topological polar surface area (TPSA) is 32.3 Å². The van der Waals surface area contributed by atoms with Crippen molar-refractivity contribution in [3.05, 3.63) is 0 Å². The van der Waals surface area contributed by atoms with Gasteiger partial charge in [0.05, 0.1) is 5.60 Å². The zero-order chi connectivity index (χ0) is 12.3. The highest BCUT2D eigenvalue weighted by Crippen LogP contribution is 2.59. The van der Waals surface area contributed by atoms with Crippen LogP contribution in [0.1, 0.15) is 51.9 Å². The first kappa shape index (κ1) is 11.7. The molecule has 2 atom stereocenters. The Kier molecular flexibility index (Phi) is 2.58. The van der Waals surface area contributed by atoms with E-state index >= 15 is 0 Å². The summed E-state index contributed by atoms with van der Waals surface area (Å²) in [6.45, 7) is 3.25. The predicted octanol–water partition coefficient (Wildman–Crippen LogP) is 2.56. The lowest BCUT2D eigenvalue weighted by atomic mass is 9.48. The summed E-state index contributed by atoms with van der Waals surface area (Å²) in [5.41, 5.74) is -0.459. The van der Waals surface area contributed by atoms with Gasteiger partial charge in [-0.15, -0.1) is 0 Å². The molecular formula is C16H27NO. The first-order chi connectivity index (χ1) is 8.64. The van der Waals surface area contributed by atoms with Crippen molar-refractivity contribution in [2.24, 2.45) is 29.6 Å². The third-order valence-electron chi connectivity index (χ3n) is 6.67. The van der Waals surface area contributed by atoms with E-state index in [4.69, 9.17) is 0 Å². The standard InChI is InChI=1S/C16H27NO/c1-16(18,14-3-2-4-17-14)15-12-6-10-5-11(8-12)9-13(15)7-10/h10-15,17-18H,2-9H2,1H3/t10?,11?,12?,13?,14-,15?,16?/m0/s1. The zero-order valence-corrected chi connectivity index (χ0v) is 11.6. The van der Waals surface area contributed by atoms with Gasteiger partial charge in [-0.3, -0.25) is 0 Å². The summed E-state index contributed by atoms with van der Waals surface area (Å²) in [5, 5.41) is 14.7. The summed E-state index contributed by atoms with van der Waals surface area (Å²) in [6.07, 6.45) is 9.59. The molecule has 0 aromatic heterocycles. The lowest BCUT2D eigenvalue weighted by Gasteiger charge is -2.59. The molecule has 18 heavy (non-hydrogen) atoms. The Morgan fingerprint density at radius 2 is 1.61 bits per heavy atom. The van der Waals surface area contributed by atoms with Crippen LogP contribution < -0.4 is 5.32 Å².